The van der Waals surface area contributed by atoms with Gasteiger partial charge in [-0.1, -0.05) is 6.07 Å². The van der Waals surface area contributed by atoms with Crippen LogP contribution >= 0.6 is 0 Å². The van der Waals surface area contributed by atoms with Gasteiger partial charge in [0.2, 0.25) is 10.0 Å². The van der Waals surface area contributed by atoms with E-state index in [1.54, 1.807) is 18.3 Å². The van der Waals surface area contributed by atoms with E-state index >= 15 is 0 Å². The Morgan fingerprint density at radius 3 is 2.68 bits per heavy atom. The molecule has 8 nitrogen and oxygen atoms in total. The lowest BCUT2D eigenvalue weighted by atomic mass is 9.95. The molecule has 2 heterocycles. The summed E-state index contributed by atoms with van der Waals surface area (Å²) in [5.41, 5.74) is 4.15. The summed E-state index contributed by atoms with van der Waals surface area (Å²) >= 11 is 0. The van der Waals surface area contributed by atoms with Gasteiger partial charge in [-0.05, 0) is 49.9 Å². The molecular weight excluding hydrogens is 416 g/mol. The van der Waals surface area contributed by atoms with Crippen LogP contribution in [-0.4, -0.2) is 43.9 Å². The summed E-state index contributed by atoms with van der Waals surface area (Å²) in [5, 5.41) is 4.79. The number of hydrogen-bond donors (Lipinski definition) is 1. The van der Waals surface area contributed by atoms with Crippen molar-refractivity contribution in [1.29, 1.82) is 0 Å². The molecule has 0 bridgehead atoms. The van der Waals surface area contributed by atoms with Crippen LogP contribution in [0.5, 0.6) is 11.5 Å². The number of fused-ring (bicyclic) bond motifs is 1. The standard InChI is InChI=1S/C22H26N4O4S/c1-29-16-10-11-21(20(15-16)30-2)31(27,28)24-13-14-26-19-9-4-3-7-17(19)22(25-26)18-8-5-6-12-23-18/h5-6,8,10-12,15,24H,3-4,7,9,13-14H2,1-2H3. The summed E-state index contributed by atoms with van der Waals surface area (Å²) in [6.45, 7) is 0.653. The van der Waals surface area contributed by atoms with Gasteiger partial charge < -0.3 is 9.47 Å². The summed E-state index contributed by atoms with van der Waals surface area (Å²) in [6, 6.07) is 10.4. The molecule has 1 aliphatic rings. The fraction of sp³-hybridized carbons (Fsp3) is 0.364. The minimum atomic E-state index is -3.75. The third kappa shape index (κ3) is 4.42. The Bertz CT molecular complexity index is 1160. The number of rotatable bonds is 8. The Labute approximate surface area is 182 Å². The number of benzene rings is 1. The van der Waals surface area contributed by atoms with Gasteiger partial charge in [0.25, 0.3) is 0 Å². The average Bonchev–Trinajstić information content (AvgIpc) is 3.18. The molecule has 0 aliphatic heterocycles. The Morgan fingerprint density at radius 2 is 1.94 bits per heavy atom. The van der Waals surface area contributed by atoms with Crippen LogP contribution in [0.3, 0.4) is 0 Å². The van der Waals surface area contributed by atoms with E-state index in [9.17, 15) is 8.42 Å². The lowest BCUT2D eigenvalue weighted by molar-refractivity contribution is 0.386. The van der Waals surface area contributed by atoms with Gasteiger partial charge in [-0.25, -0.2) is 13.1 Å². The molecule has 1 aliphatic carbocycles. The molecule has 0 unspecified atom stereocenters. The molecule has 0 atom stereocenters. The summed E-state index contributed by atoms with van der Waals surface area (Å²) in [6.07, 6.45) is 5.90. The Balaban J connectivity index is 1.53. The van der Waals surface area contributed by atoms with Crippen molar-refractivity contribution in [2.45, 2.75) is 37.1 Å². The number of pyridine rings is 1. The minimum absolute atomic E-state index is 0.0764. The van der Waals surface area contributed by atoms with Crippen molar-refractivity contribution in [1.82, 2.24) is 19.5 Å². The van der Waals surface area contributed by atoms with Crippen molar-refractivity contribution in [3.8, 4) is 22.9 Å². The number of sulfonamides is 1. The number of aromatic nitrogens is 3. The highest BCUT2D eigenvalue weighted by atomic mass is 32.2. The van der Waals surface area contributed by atoms with Crippen LogP contribution < -0.4 is 14.2 Å². The summed E-state index contributed by atoms with van der Waals surface area (Å²) in [5.74, 6) is 0.766. The van der Waals surface area contributed by atoms with Gasteiger partial charge in [0.15, 0.2) is 0 Å². The maximum absolute atomic E-state index is 12.8. The average molecular weight is 443 g/mol. The fourth-order valence-electron chi connectivity index (χ4n) is 3.92. The SMILES string of the molecule is COc1ccc(S(=O)(=O)NCCn2nc(-c3ccccn3)c3c2CCCC3)c(OC)c1. The predicted octanol–water partition coefficient (Wildman–Crippen LogP) is 2.82. The van der Waals surface area contributed by atoms with E-state index in [0.29, 0.717) is 12.3 Å². The van der Waals surface area contributed by atoms with Crippen LogP contribution in [0.1, 0.15) is 24.1 Å². The highest BCUT2D eigenvalue weighted by Crippen LogP contribution is 2.30. The fourth-order valence-corrected chi connectivity index (χ4v) is 5.09. The Morgan fingerprint density at radius 1 is 1.10 bits per heavy atom. The molecular formula is C22H26N4O4S. The summed E-state index contributed by atoms with van der Waals surface area (Å²) in [4.78, 5) is 4.53. The lowest BCUT2D eigenvalue weighted by Gasteiger charge is -2.15. The molecule has 0 amide bonds. The molecule has 3 aromatic rings. The van der Waals surface area contributed by atoms with E-state index in [4.69, 9.17) is 14.6 Å². The zero-order valence-electron chi connectivity index (χ0n) is 17.7. The molecule has 0 saturated carbocycles. The number of methoxy groups -OCH3 is 2. The van der Waals surface area contributed by atoms with E-state index in [1.807, 2.05) is 22.9 Å². The first kappa shape index (κ1) is 21.3. The molecule has 0 fully saturated rings. The van der Waals surface area contributed by atoms with Gasteiger partial charge in [-0.2, -0.15) is 5.10 Å². The zero-order valence-corrected chi connectivity index (χ0v) is 18.5. The predicted molar refractivity (Wildman–Crippen MR) is 117 cm³/mol. The van der Waals surface area contributed by atoms with Crippen molar-refractivity contribution >= 4 is 10.0 Å². The second kappa shape index (κ2) is 9.07. The van der Waals surface area contributed by atoms with Gasteiger partial charge in [-0.15, -0.1) is 0 Å². The van der Waals surface area contributed by atoms with Crippen molar-refractivity contribution in [2.24, 2.45) is 0 Å². The molecule has 0 spiro atoms. The first-order chi connectivity index (χ1) is 15.0. The van der Waals surface area contributed by atoms with E-state index in [1.165, 1.54) is 31.5 Å². The van der Waals surface area contributed by atoms with Crippen molar-refractivity contribution in [2.75, 3.05) is 20.8 Å². The van der Waals surface area contributed by atoms with Gasteiger partial charge in [0.1, 0.15) is 22.1 Å². The van der Waals surface area contributed by atoms with Gasteiger partial charge in [0.05, 0.1) is 26.5 Å². The monoisotopic (exact) mass is 442 g/mol. The van der Waals surface area contributed by atoms with Gasteiger partial charge in [0, 0.05) is 30.1 Å². The molecule has 1 aromatic carbocycles. The van der Waals surface area contributed by atoms with Crippen LogP contribution in [0.4, 0.5) is 0 Å². The van der Waals surface area contributed by atoms with Crippen LogP contribution in [0.2, 0.25) is 0 Å². The van der Waals surface area contributed by atoms with Gasteiger partial charge >= 0.3 is 0 Å². The second-order valence-corrected chi connectivity index (χ2v) is 9.07. The largest absolute Gasteiger partial charge is 0.497 e. The topological polar surface area (TPSA) is 95.3 Å². The maximum Gasteiger partial charge on any atom is 0.244 e. The van der Waals surface area contributed by atoms with Crippen LogP contribution in [0, 0.1) is 0 Å². The summed E-state index contributed by atoms with van der Waals surface area (Å²) in [7, 11) is -0.796. The summed E-state index contributed by atoms with van der Waals surface area (Å²) < 4.78 is 40.7. The first-order valence-electron chi connectivity index (χ1n) is 10.2. The van der Waals surface area contributed by atoms with Crippen molar-refractivity contribution < 1.29 is 17.9 Å². The molecule has 4 rings (SSSR count). The van der Waals surface area contributed by atoms with E-state index in [-0.39, 0.29) is 17.2 Å². The Hall–Kier alpha value is -2.91. The highest BCUT2D eigenvalue weighted by Gasteiger charge is 2.23. The maximum atomic E-state index is 12.8. The zero-order chi connectivity index (χ0) is 21.8. The van der Waals surface area contributed by atoms with Crippen LogP contribution in [-0.2, 0) is 29.4 Å². The number of ether oxygens (including phenoxy) is 2. The third-order valence-electron chi connectivity index (χ3n) is 5.44. The van der Waals surface area contributed by atoms with E-state index < -0.39 is 10.0 Å². The second-order valence-electron chi connectivity index (χ2n) is 7.33. The quantitative estimate of drug-likeness (QED) is 0.576. The molecule has 0 saturated heterocycles. The molecule has 0 radical (unpaired) electrons. The van der Waals surface area contributed by atoms with Crippen LogP contribution in [0.15, 0.2) is 47.5 Å². The van der Waals surface area contributed by atoms with E-state index in [2.05, 4.69) is 9.71 Å². The lowest BCUT2D eigenvalue weighted by Crippen LogP contribution is -2.28. The third-order valence-corrected chi connectivity index (χ3v) is 6.94. The molecule has 9 heteroatoms. The Kier molecular flexibility index (Phi) is 6.24. The van der Waals surface area contributed by atoms with Crippen molar-refractivity contribution in [3.63, 3.8) is 0 Å². The first-order valence-corrected chi connectivity index (χ1v) is 11.7. The van der Waals surface area contributed by atoms with Gasteiger partial charge in [-0.3, -0.25) is 9.67 Å². The van der Waals surface area contributed by atoms with E-state index in [0.717, 1.165) is 37.1 Å². The number of nitrogens with one attached hydrogen (secondary N) is 1. The number of nitrogens with zero attached hydrogens (tertiary/aromatic N) is 3. The highest BCUT2D eigenvalue weighted by molar-refractivity contribution is 7.89. The van der Waals surface area contributed by atoms with Crippen molar-refractivity contribution in [3.05, 3.63) is 53.9 Å². The molecule has 1 N–H and O–H groups in total. The minimum Gasteiger partial charge on any atom is -0.497 e. The smallest absolute Gasteiger partial charge is 0.244 e. The molecule has 31 heavy (non-hydrogen) atoms. The van der Waals surface area contributed by atoms with Crippen LogP contribution in [0.25, 0.3) is 11.4 Å². The molecule has 164 valence electrons. The number of hydrogen-bond acceptors (Lipinski definition) is 6. The molecule has 2 aromatic heterocycles. The normalized spacial score (nSPS) is 13.6.